The van der Waals surface area contributed by atoms with Crippen molar-refractivity contribution in [1.82, 2.24) is 26.2 Å². The highest BCUT2D eigenvalue weighted by Gasteiger charge is 2.55. The van der Waals surface area contributed by atoms with E-state index in [1.165, 1.54) is 128 Å². The number of alkyl halides is 7. The maximum absolute atomic E-state index is 14.3. The average molecular weight is 2310 g/mol. The molecule has 37 heteroatoms. The van der Waals surface area contributed by atoms with E-state index in [0.717, 1.165) is 89.4 Å². The largest absolute Gasteiger partial charge is 0.416 e. The van der Waals surface area contributed by atoms with Crippen LogP contribution in [-0.4, -0.2) is 126 Å². The second-order valence-corrected chi connectivity index (χ2v) is 51.0. The van der Waals surface area contributed by atoms with Crippen molar-refractivity contribution in [3.8, 4) is 0 Å². The topological polar surface area (TPSA) is 279 Å². The van der Waals surface area contributed by atoms with Crippen molar-refractivity contribution in [2.75, 3.05) is 13.1 Å². The lowest BCUT2D eigenvalue weighted by Crippen LogP contribution is -2.45. The van der Waals surface area contributed by atoms with Crippen LogP contribution in [-0.2, 0) is 55.4 Å². The van der Waals surface area contributed by atoms with E-state index in [1.54, 1.807) is 81.4 Å². The molecule has 0 aliphatic carbocycles. The fraction of sp³-hybridized carbons (Fsp3) is 0.442. The zero-order valence-electron chi connectivity index (χ0n) is 88.0. The number of Topliss-reactive ketones (excluding diaryl/α,β-unsaturated/α-hetero) is 2. The molecule has 804 valence electrons. The highest BCUT2D eigenvalue weighted by Crippen LogP contribution is 2.51. The molecule has 0 aromatic heterocycles. The molecule has 6 unspecified atom stereocenters. The van der Waals surface area contributed by atoms with Gasteiger partial charge in [-0.3, -0.25) is 63.1 Å². The fourth-order valence-corrected chi connectivity index (χ4v) is 25.0. The van der Waals surface area contributed by atoms with E-state index in [-0.39, 0.29) is 112 Å². The Hall–Kier alpha value is -9.76. The smallest absolute Gasteiger partial charge is 0.343 e. The highest BCUT2D eigenvalue weighted by atomic mass is 79.9. The fourth-order valence-electron chi connectivity index (χ4n) is 16.9. The van der Waals surface area contributed by atoms with Crippen LogP contribution >= 0.6 is 102 Å². The summed E-state index contributed by atoms with van der Waals surface area (Å²) in [5, 5.41) is 15.0. The van der Waals surface area contributed by atoms with Gasteiger partial charge in [-0.25, -0.2) is 23.2 Å². The molecule has 5 fully saturated rings. The number of hydrogen-bond acceptors (Lipinski definition) is 19. The minimum Gasteiger partial charge on any atom is -0.343 e. The van der Waals surface area contributed by atoms with Gasteiger partial charge < -0.3 is 26.2 Å². The number of halogens is 11. The van der Waals surface area contributed by atoms with Gasteiger partial charge >= 0.3 is 12.4 Å². The van der Waals surface area contributed by atoms with Crippen molar-refractivity contribution in [3.63, 3.8) is 0 Å². The van der Waals surface area contributed by atoms with Crippen LogP contribution in [0, 0.1) is 35.3 Å². The lowest BCUT2D eigenvalue weighted by Gasteiger charge is -2.34. The lowest BCUT2D eigenvalue weighted by atomic mass is 9.87. The summed E-state index contributed by atoms with van der Waals surface area (Å²) < 4.78 is 117. The summed E-state index contributed by atoms with van der Waals surface area (Å²) in [6.45, 7) is 41.9. The Bertz CT molecular complexity index is 6420. The molecule has 0 spiro atoms. The van der Waals surface area contributed by atoms with Crippen LogP contribution in [0.3, 0.4) is 0 Å². The molecule has 5 saturated heterocycles. The predicted octanol–water partition coefficient (Wildman–Crippen LogP) is 28.8. The van der Waals surface area contributed by atoms with E-state index in [1.807, 2.05) is 161 Å². The number of aliphatic imine (C=N–C) groups is 6. The van der Waals surface area contributed by atoms with Crippen molar-refractivity contribution >= 4 is 186 Å². The summed E-state index contributed by atoms with van der Waals surface area (Å²) in [4.78, 5) is 138. The molecule has 4 N–H and O–H groups in total. The summed E-state index contributed by atoms with van der Waals surface area (Å²) in [5.74, 6) is -1.02. The first-order chi connectivity index (χ1) is 70.0. The zero-order valence-corrected chi connectivity index (χ0v) is 96.1. The van der Waals surface area contributed by atoms with Crippen molar-refractivity contribution < 1.29 is 82.7 Å². The Morgan fingerprint density at radius 2 is 0.793 bits per heavy atom. The monoisotopic (exact) mass is 2310 g/mol. The van der Waals surface area contributed by atoms with E-state index < -0.39 is 75.4 Å². The van der Waals surface area contributed by atoms with Gasteiger partial charge in [-0.15, -0.1) is 0 Å². The quantitative estimate of drug-likeness (QED) is 0.0290. The van der Waals surface area contributed by atoms with Gasteiger partial charge in [-0.2, -0.15) is 26.3 Å². The molecule has 7 heterocycles. The molecule has 7 amide bonds. The highest BCUT2D eigenvalue weighted by molar-refractivity contribution is 9.10. The number of ketones is 2. The molecule has 0 bridgehead atoms. The first-order valence-electron chi connectivity index (χ1n) is 49.5. The van der Waals surface area contributed by atoms with E-state index in [9.17, 15) is 82.7 Å². The van der Waals surface area contributed by atoms with Crippen LogP contribution in [0.4, 0.5) is 39.5 Å². The van der Waals surface area contributed by atoms with Gasteiger partial charge in [0.15, 0.2) is 32.2 Å². The maximum atomic E-state index is 14.3. The normalized spacial score (nSPS) is 23.6. The molecular weight excluding hydrogens is 2180 g/mol. The van der Waals surface area contributed by atoms with Crippen molar-refractivity contribution in [1.29, 1.82) is 0 Å². The number of carbonyl (C=O) groups excluding carboxylic acids is 9. The van der Waals surface area contributed by atoms with Crippen molar-refractivity contribution in [3.05, 3.63) is 281 Å². The van der Waals surface area contributed by atoms with Crippen LogP contribution in [0.25, 0.3) is 0 Å². The average Bonchev–Trinajstić information content (AvgIpc) is 1.61. The molecule has 7 aliphatic heterocycles. The molecule has 8 aromatic carbocycles. The molecular formula is C113H130Br2F9N11O9S6. The summed E-state index contributed by atoms with van der Waals surface area (Å²) in [6, 6.07) is 53.4. The Morgan fingerprint density at radius 3 is 1.15 bits per heavy atom. The standard InChI is InChI=1S/C23H25FN2O2S.C22H27F3N2O2S.C21H21FN2O2S.C17H19F4NOS.2C15H19BrN2OS/c1-14(2)13-20(27)17-5-9-18(10-6-17)23(4)21(28)26-22(29-23)25-15(3)16-7-11-19(24)12-8-16;1-14(17-6-4-5-7-18(17)22(23,24)25)12-19-26-20(29)21(3,30-19)13-16-8-10-27(11-9-16)15(2)28;1-4-18(25)15-5-9-16(10-6-15)21(3)19(26)24-20(27-21)23-13(2)14-7-11-17(22)12-8-14;1-10(11-7-5-6-8-12(11)17(19,20)21)9-13-22-14(23)16(4,24-13)15(2,3)18;1-9(2)15(4)13(19)18-14(20-15)17-10(3)11-5-7-12(16)8-6-11;1-9(2)15(4)13(19)18-14(20-15)17-10(3)11-7-5-6-8-12(11)16/h5-12,14-15H,13H2,1-4H3,(H,25,26,28);4-7,14,16H,8-13H2,1-3H3;5-13H,4H2,1-3H3,(H,23,24,26);5-8,10H,9H2,1-4H3;2*5-10H,1-4H3,(H,17,18,19)/t15-,23?;14-,21?;13-,21?;10-,16?;2*10-,15?/m010100/s1. The molecule has 7 aliphatic rings. The minimum absolute atomic E-state index is 0.00267. The van der Waals surface area contributed by atoms with Gasteiger partial charge in [-0.05, 0) is 237 Å². The van der Waals surface area contributed by atoms with Crippen molar-refractivity contribution in [2.24, 2.45) is 53.6 Å². The molecule has 15 rings (SSSR count). The second kappa shape index (κ2) is 51.5. The van der Waals surface area contributed by atoms with E-state index in [2.05, 4.69) is 111 Å². The first kappa shape index (κ1) is 122. The van der Waals surface area contributed by atoms with E-state index in [0.29, 0.717) is 82.2 Å². The van der Waals surface area contributed by atoms with E-state index >= 15 is 0 Å². The Kier molecular flexibility index (Phi) is 41.9. The third-order valence-electron chi connectivity index (χ3n) is 27.6. The molecule has 20 nitrogen and oxygen atoms in total. The third kappa shape index (κ3) is 31.1. The van der Waals surface area contributed by atoms with Crippen LogP contribution in [0.2, 0.25) is 0 Å². The number of nitrogens with one attached hydrogen (secondary N) is 4. The SMILES string of the molecule is CC(=O)N1CCC(CC2(C)SC(C[C@@H](C)c3ccccc3C(F)(F)F)=NC2=O)CC1.CC(C)C1(C)SC(=N[C@@H](C)c2ccc(Br)cc2)NC1=O.CC(C)C1(C)SC(=N[C@@H](C)c2ccccc2Br)NC1=O.CC(C)CC(=O)c1ccc(C2(C)SC(=N[C@@H](C)c3ccc(F)cc3)NC2=O)cc1.CCC(=O)c1ccc(C2(C)SC(=N[C@@H](C)c3ccc(F)cc3)NC2=O)cc1.C[C@H](CC1=NC(=O)C(C)(C(C)(C)F)S1)c1ccccc1C(F)(F)F. The minimum atomic E-state index is -4.44. The number of thioether (sulfide) groups is 6. The van der Waals surface area contributed by atoms with Crippen LogP contribution in [0.5, 0.6) is 0 Å². The van der Waals surface area contributed by atoms with Gasteiger partial charge in [0.25, 0.3) is 11.8 Å². The number of likely N-dealkylation sites (tertiary alicyclic amines) is 1. The third-order valence-corrected chi connectivity index (χ3v) is 37.1. The molecule has 8 aromatic rings. The maximum Gasteiger partial charge on any atom is 0.416 e. The second-order valence-electron chi connectivity index (χ2n) is 40.5. The summed E-state index contributed by atoms with van der Waals surface area (Å²) >= 11 is 15.1. The molecule has 0 saturated carbocycles. The number of benzene rings is 8. The zero-order chi connectivity index (χ0) is 111. The van der Waals surface area contributed by atoms with Crippen LogP contribution in [0.15, 0.2) is 233 Å². The molecule has 12 atom stereocenters. The van der Waals surface area contributed by atoms with Gasteiger partial charge in [0.2, 0.25) is 29.5 Å². The summed E-state index contributed by atoms with van der Waals surface area (Å²) in [6.07, 6.45) is -5.05. The van der Waals surface area contributed by atoms with Gasteiger partial charge in [0, 0.05) is 65.8 Å². The van der Waals surface area contributed by atoms with Gasteiger partial charge in [0.05, 0.1) is 45.4 Å². The number of nitrogens with zero attached hydrogens (tertiary/aromatic N) is 7. The van der Waals surface area contributed by atoms with Crippen LogP contribution in [0.1, 0.15) is 310 Å². The van der Waals surface area contributed by atoms with Crippen molar-refractivity contribution in [2.45, 2.75) is 280 Å². The number of hydrogen-bond donors (Lipinski definition) is 4. The number of amidine groups is 4. The lowest BCUT2D eigenvalue weighted by molar-refractivity contribution is -0.139. The van der Waals surface area contributed by atoms with E-state index in [4.69, 9.17) is 0 Å². The van der Waals surface area contributed by atoms with Gasteiger partial charge in [0.1, 0.15) is 45.8 Å². The summed E-state index contributed by atoms with van der Waals surface area (Å²) in [5.41, 5.74) is 4.20. The Labute approximate surface area is 915 Å². The molecule has 0 radical (unpaired) electrons. The number of piperidine rings is 1. The Morgan fingerprint density at radius 1 is 0.440 bits per heavy atom. The van der Waals surface area contributed by atoms with Crippen LogP contribution < -0.4 is 21.3 Å². The number of rotatable bonds is 26. The summed E-state index contributed by atoms with van der Waals surface area (Å²) in [7, 11) is 0. The first-order valence-corrected chi connectivity index (χ1v) is 56.0. The van der Waals surface area contributed by atoms with Gasteiger partial charge in [-0.1, -0.05) is 304 Å². The number of carbonyl (C=O) groups is 9. The predicted molar refractivity (Wildman–Crippen MR) is 601 cm³/mol. The molecule has 150 heavy (non-hydrogen) atoms. The Balaban J connectivity index is 0.000000185. The number of amides is 7.